The van der Waals surface area contributed by atoms with Crippen molar-refractivity contribution in [3.05, 3.63) is 107 Å². The molecule has 1 unspecified atom stereocenters. The number of anilines is 4. The summed E-state index contributed by atoms with van der Waals surface area (Å²) in [5.74, 6) is 0.179. The van der Waals surface area contributed by atoms with E-state index in [1.165, 1.54) is 0 Å². The van der Waals surface area contributed by atoms with Crippen molar-refractivity contribution in [2.24, 2.45) is 0 Å². The minimum Gasteiger partial charge on any atom is -0.384 e. The number of rotatable bonds is 11. The van der Waals surface area contributed by atoms with Crippen molar-refractivity contribution >= 4 is 45.9 Å². The number of piperidine rings is 1. The Labute approximate surface area is 342 Å². The number of benzene rings is 2. The first kappa shape index (κ1) is 38.6. The van der Waals surface area contributed by atoms with E-state index < -0.39 is 5.60 Å². The monoisotopic (exact) mass is 798 g/mol. The molecule has 2 amide bonds. The molecule has 0 saturated carbocycles. The molecule has 4 aliphatic rings. The molecule has 2 aromatic carbocycles. The quantitative estimate of drug-likeness (QED) is 0.130. The van der Waals surface area contributed by atoms with E-state index in [1.54, 1.807) is 21.6 Å². The fourth-order valence-corrected chi connectivity index (χ4v) is 8.97. The maximum absolute atomic E-state index is 13.5. The van der Waals surface area contributed by atoms with E-state index in [-0.39, 0.29) is 35.9 Å². The van der Waals surface area contributed by atoms with Crippen LogP contribution in [0.25, 0.3) is 16.9 Å². The third-order valence-electron chi connectivity index (χ3n) is 12.4. The van der Waals surface area contributed by atoms with Crippen molar-refractivity contribution in [2.75, 3.05) is 67.5 Å². The van der Waals surface area contributed by atoms with Crippen LogP contribution in [0.4, 0.5) is 23.0 Å². The molecular weight excluding hydrogens is 749 g/mol. The summed E-state index contributed by atoms with van der Waals surface area (Å²) in [7, 11) is 0. The summed E-state index contributed by atoms with van der Waals surface area (Å²) in [6, 6.07) is 20.3. The highest BCUT2D eigenvalue weighted by Gasteiger charge is 2.37. The first-order valence-corrected chi connectivity index (χ1v) is 20.7. The lowest BCUT2D eigenvalue weighted by Gasteiger charge is -2.40. The highest BCUT2D eigenvalue weighted by atomic mass is 16.5. The minimum absolute atomic E-state index is 0.0861. The minimum atomic E-state index is -0.996. The number of carbonyl (C=O) groups excluding carboxylic acids is 2. The zero-order valence-electron chi connectivity index (χ0n) is 33.3. The van der Waals surface area contributed by atoms with Crippen LogP contribution in [0, 0.1) is 0 Å². The lowest BCUT2D eigenvalue weighted by Crippen LogP contribution is -2.52. The summed E-state index contributed by atoms with van der Waals surface area (Å²) in [6.07, 6.45) is 6.16. The van der Waals surface area contributed by atoms with Gasteiger partial charge in [0.25, 0.3) is 5.56 Å². The lowest BCUT2D eigenvalue weighted by atomic mass is 9.90. The van der Waals surface area contributed by atoms with Gasteiger partial charge in [0.2, 0.25) is 17.8 Å². The first-order chi connectivity index (χ1) is 28.7. The zero-order valence-corrected chi connectivity index (χ0v) is 33.3. The lowest BCUT2D eigenvalue weighted by molar-refractivity contribution is -0.134. The zero-order chi connectivity index (χ0) is 40.7. The SMILES string of the molecule is C=CCn1c(=O)c2cnc(Nc3ccc(N4CCO[C@@H](CN5CCN(c6ccc(C7CCC(=O)NC7=O)cc6)CC5)C4)cc3)nc2n1-c1ccc2c(n1)[C@@](O)(CC)CC2. The average Bonchev–Trinajstić information content (AvgIpc) is 3.74. The van der Waals surface area contributed by atoms with Crippen molar-refractivity contribution in [3.8, 4) is 5.82 Å². The van der Waals surface area contributed by atoms with Crippen LogP contribution in [0.2, 0.25) is 0 Å². The number of nitrogens with one attached hydrogen (secondary N) is 2. The molecule has 3 aromatic heterocycles. The van der Waals surface area contributed by atoms with Crippen molar-refractivity contribution in [1.29, 1.82) is 0 Å². The normalized spacial score (nSPS) is 22.4. The number of fused-ring (bicyclic) bond motifs is 2. The van der Waals surface area contributed by atoms with Crippen molar-refractivity contribution in [1.82, 2.24) is 34.5 Å². The molecule has 9 rings (SSSR count). The molecular formula is C44H50N10O5. The Morgan fingerprint density at radius 3 is 2.46 bits per heavy atom. The average molecular weight is 799 g/mol. The topological polar surface area (TPSA) is 163 Å². The molecule has 15 heteroatoms. The van der Waals surface area contributed by atoms with Crippen molar-refractivity contribution < 1.29 is 19.4 Å². The van der Waals surface area contributed by atoms with Crippen molar-refractivity contribution in [2.45, 2.75) is 63.2 Å². The van der Waals surface area contributed by atoms with E-state index in [2.05, 4.69) is 61.2 Å². The second-order valence-electron chi connectivity index (χ2n) is 16.0. The van der Waals surface area contributed by atoms with Crippen LogP contribution in [0.1, 0.15) is 55.3 Å². The molecule has 15 nitrogen and oxygen atoms in total. The molecule has 306 valence electrons. The number of hydrogen-bond donors (Lipinski definition) is 3. The Hall–Kier alpha value is -5.90. The fourth-order valence-electron chi connectivity index (χ4n) is 8.97. The first-order valence-electron chi connectivity index (χ1n) is 20.7. The predicted molar refractivity (Wildman–Crippen MR) is 226 cm³/mol. The van der Waals surface area contributed by atoms with Crippen LogP contribution in [0.15, 0.2) is 84.3 Å². The van der Waals surface area contributed by atoms with E-state index in [0.29, 0.717) is 60.8 Å². The molecule has 3 saturated heterocycles. The third-order valence-corrected chi connectivity index (χ3v) is 12.4. The van der Waals surface area contributed by atoms with Gasteiger partial charge >= 0.3 is 0 Å². The summed E-state index contributed by atoms with van der Waals surface area (Å²) in [4.78, 5) is 58.8. The molecule has 0 spiro atoms. The van der Waals surface area contributed by atoms with Gasteiger partial charge in [-0.15, -0.1) is 6.58 Å². The van der Waals surface area contributed by atoms with E-state index in [9.17, 15) is 19.5 Å². The number of aliphatic hydroxyl groups is 1. The molecule has 3 atom stereocenters. The van der Waals surface area contributed by atoms with Gasteiger partial charge in [-0.25, -0.2) is 19.3 Å². The van der Waals surface area contributed by atoms with E-state index in [4.69, 9.17) is 14.7 Å². The van der Waals surface area contributed by atoms with Gasteiger partial charge in [-0.2, -0.15) is 4.98 Å². The Morgan fingerprint density at radius 1 is 0.949 bits per heavy atom. The summed E-state index contributed by atoms with van der Waals surface area (Å²) < 4.78 is 9.49. The van der Waals surface area contributed by atoms with Crippen LogP contribution >= 0.6 is 0 Å². The standard InChI is InChI=1S/C44H50N10O5/c1-3-19-53-42(57)36-26-45-43(49-40(36)54(53)37-15-7-30-17-18-44(58,4-2)39(30)47-37)46-31-8-12-33(13-9-31)52-24-25-59-34(28-52)27-50-20-22-51(23-21-50)32-10-5-29(6-11-32)35-14-16-38(55)48-41(35)56/h3,5-13,15,26,34-35,58H,1,4,14,16-25,27-28H2,2H3,(H,45,46,49)(H,48,55,56)/t34-,35?,44+/m0/s1. The second kappa shape index (κ2) is 16.0. The summed E-state index contributed by atoms with van der Waals surface area (Å²) in [5.41, 5.74) is 4.86. The number of piperazine rings is 1. The molecule has 1 aliphatic carbocycles. The Kier molecular flexibility index (Phi) is 10.5. The molecule has 3 aliphatic heterocycles. The number of aromatic nitrogens is 5. The van der Waals surface area contributed by atoms with Crippen LogP contribution < -0.4 is 26.0 Å². The van der Waals surface area contributed by atoms with Crippen LogP contribution in [-0.2, 0) is 32.9 Å². The summed E-state index contributed by atoms with van der Waals surface area (Å²) >= 11 is 0. The maximum atomic E-state index is 13.5. The molecule has 59 heavy (non-hydrogen) atoms. The number of pyridine rings is 1. The number of ether oxygens (including phenoxy) is 1. The van der Waals surface area contributed by atoms with E-state index in [1.807, 2.05) is 43.3 Å². The second-order valence-corrected chi connectivity index (χ2v) is 16.0. The number of morpholine rings is 1. The molecule has 3 fully saturated rings. The molecule has 0 bridgehead atoms. The summed E-state index contributed by atoms with van der Waals surface area (Å²) in [5, 5.41) is 17.4. The number of imide groups is 1. The van der Waals surface area contributed by atoms with Gasteiger partial charge < -0.3 is 25.0 Å². The number of allylic oxidation sites excluding steroid dienone is 1. The van der Waals surface area contributed by atoms with Crippen LogP contribution in [-0.4, -0.2) is 105 Å². The maximum Gasteiger partial charge on any atom is 0.278 e. The van der Waals surface area contributed by atoms with Gasteiger partial charge in [-0.1, -0.05) is 31.2 Å². The number of hydrogen-bond acceptors (Lipinski definition) is 12. The van der Waals surface area contributed by atoms with Crippen LogP contribution in [0.5, 0.6) is 0 Å². The van der Waals surface area contributed by atoms with Gasteiger partial charge in [-0.3, -0.25) is 24.6 Å². The smallest absolute Gasteiger partial charge is 0.278 e. The molecule has 0 radical (unpaired) electrons. The Morgan fingerprint density at radius 2 is 1.71 bits per heavy atom. The Bertz CT molecular complexity index is 2440. The van der Waals surface area contributed by atoms with Gasteiger partial charge in [0.1, 0.15) is 11.0 Å². The van der Waals surface area contributed by atoms with Crippen LogP contribution in [0.3, 0.4) is 0 Å². The molecule has 3 N–H and O–H groups in total. The van der Waals surface area contributed by atoms with Crippen molar-refractivity contribution in [3.63, 3.8) is 0 Å². The third kappa shape index (κ3) is 7.61. The highest BCUT2D eigenvalue weighted by molar-refractivity contribution is 6.01. The predicted octanol–water partition coefficient (Wildman–Crippen LogP) is 4.00. The van der Waals surface area contributed by atoms with Gasteiger partial charge in [-0.05, 0) is 79.3 Å². The highest BCUT2D eigenvalue weighted by Crippen LogP contribution is 2.38. The molecule has 6 heterocycles. The van der Waals surface area contributed by atoms with Gasteiger partial charge in [0.05, 0.1) is 30.9 Å². The number of carbonyl (C=O) groups is 2. The van der Waals surface area contributed by atoms with E-state index >= 15 is 0 Å². The number of aryl methyl sites for hydroxylation is 1. The number of nitrogens with zero attached hydrogens (tertiary/aromatic N) is 8. The Balaban J connectivity index is 0.825. The number of amides is 2. The largest absolute Gasteiger partial charge is 0.384 e. The summed E-state index contributed by atoms with van der Waals surface area (Å²) in [6.45, 7) is 12.9. The van der Waals surface area contributed by atoms with E-state index in [0.717, 1.165) is 80.4 Å². The van der Waals surface area contributed by atoms with Gasteiger partial charge in [0, 0.05) is 75.5 Å². The van der Waals surface area contributed by atoms with Gasteiger partial charge in [0.15, 0.2) is 11.5 Å². The fraction of sp³-hybridized carbons (Fsp3) is 0.409. The molecule has 5 aromatic rings.